The van der Waals surface area contributed by atoms with Crippen molar-refractivity contribution < 1.29 is 14.4 Å². The number of aryl methyl sites for hydroxylation is 1. The molecular formula is C14H18N4O3S. The second kappa shape index (κ2) is 6.55. The van der Waals surface area contributed by atoms with Gasteiger partial charge in [-0.1, -0.05) is 11.2 Å². The zero-order valence-electron chi connectivity index (χ0n) is 12.2. The van der Waals surface area contributed by atoms with Crippen LogP contribution in [0.1, 0.15) is 29.1 Å². The van der Waals surface area contributed by atoms with E-state index in [-0.39, 0.29) is 18.5 Å². The average Bonchev–Trinajstić information content (AvgIpc) is 3.18. The quantitative estimate of drug-likeness (QED) is 0.848. The Morgan fingerprint density at radius 1 is 1.64 bits per heavy atom. The van der Waals surface area contributed by atoms with Crippen LogP contribution >= 0.6 is 11.3 Å². The summed E-state index contributed by atoms with van der Waals surface area (Å²) in [6.45, 7) is 2.90. The van der Waals surface area contributed by atoms with Crippen LogP contribution in [0.15, 0.2) is 22.0 Å². The molecule has 2 aromatic rings. The van der Waals surface area contributed by atoms with Gasteiger partial charge in [-0.3, -0.25) is 9.69 Å². The number of rotatable bonds is 5. The number of thiophene rings is 1. The molecule has 3 rings (SSSR count). The van der Waals surface area contributed by atoms with E-state index in [0.29, 0.717) is 31.2 Å². The molecule has 0 aliphatic carbocycles. The van der Waals surface area contributed by atoms with Gasteiger partial charge in [0.2, 0.25) is 11.8 Å². The SMILES string of the molecule is Cc1noc([C@H]2C[C@@H](O)CN2CC(=O)NCc2cccs2)n1. The predicted molar refractivity (Wildman–Crippen MR) is 80.1 cm³/mol. The molecule has 1 aliphatic rings. The van der Waals surface area contributed by atoms with E-state index >= 15 is 0 Å². The minimum Gasteiger partial charge on any atom is -0.392 e. The van der Waals surface area contributed by atoms with Gasteiger partial charge < -0.3 is 14.9 Å². The number of nitrogens with zero attached hydrogens (tertiary/aromatic N) is 3. The molecule has 0 aromatic carbocycles. The van der Waals surface area contributed by atoms with E-state index in [0.717, 1.165) is 4.88 Å². The molecule has 0 radical (unpaired) electrons. The lowest BCUT2D eigenvalue weighted by Gasteiger charge is -2.20. The van der Waals surface area contributed by atoms with E-state index in [9.17, 15) is 9.90 Å². The number of hydrogen-bond acceptors (Lipinski definition) is 7. The van der Waals surface area contributed by atoms with E-state index in [1.165, 1.54) is 0 Å². The number of β-amino-alcohol motifs (C(OH)–C–C–N with tert-alkyl or cyclic N) is 1. The monoisotopic (exact) mass is 322 g/mol. The standard InChI is InChI=1S/C14H18N4O3S/c1-9-16-14(21-17-9)12-5-10(19)7-18(12)8-13(20)15-6-11-3-2-4-22-11/h2-4,10,12,19H,5-8H2,1H3,(H,15,20)/t10-,12-/m1/s1. The molecular weight excluding hydrogens is 304 g/mol. The van der Waals surface area contributed by atoms with Crippen LogP contribution in [0, 0.1) is 6.92 Å². The number of aromatic nitrogens is 2. The van der Waals surface area contributed by atoms with Crippen molar-refractivity contribution >= 4 is 17.2 Å². The Balaban J connectivity index is 1.58. The number of aliphatic hydroxyl groups excluding tert-OH is 1. The summed E-state index contributed by atoms with van der Waals surface area (Å²) in [5.74, 6) is 0.933. The van der Waals surface area contributed by atoms with Gasteiger partial charge in [0.15, 0.2) is 5.82 Å². The van der Waals surface area contributed by atoms with Crippen molar-refractivity contribution in [3.05, 3.63) is 34.1 Å². The molecule has 22 heavy (non-hydrogen) atoms. The topological polar surface area (TPSA) is 91.5 Å². The molecule has 7 nitrogen and oxygen atoms in total. The number of nitrogens with one attached hydrogen (secondary N) is 1. The highest BCUT2D eigenvalue weighted by molar-refractivity contribution is 7.09. The predicted octanol–water partition coefficient (Wildman–Crippen LogP) is 0.864. The Hall–Kier alpha value is -1.77. The summed E-state index contributed by atoms with van der Waals surface area (Å²) in [7, 11) is 0. The van der Waals surface area contributed by atoms with Crippen molar-refractivity contribution in [2.45, 2.75) is 32.0 Å². The third-order valence-corrected chi connectivity index (χ3v) is 4.47. The van der Waals surface area contributed by atoms with Crippen LogP contribution in [0.2, 0.25) is 0 Å². The maximum atomic E-state index is 12.1. The second-order valence-corrected chi connectivity index (χ2v) is 6.40. The van der Waals surface area contributed by atoms with Crippen molar-refractivity contribution in [3.8, 4) is 0 Å². The molecule has 1 saturated heterocycles. The van der Waals surface area contributed by atoms with Gasteiger partial charge in [-0.25, -0.2) is 0 Å². The first-order valence-electron chi connectivity index (χ1n) is 7.13. The first-order chi connectivity index (χ1) is 10.6. The highest BCUT2D eigenvalue weighted by Gasteiger charge is 2.36. The molecule has 118 valence electrons. The summed E-state index contributed by atoms with van der Waals surface area (Å²) >= 11 is 1.61. The van der Waals surface area contributed by atoms with Crippen LogP contribution in [-0.2, 0) is 11.3 Å². The van der Waals surface area contributed by atoms with Crippen molar-refractivity contribution in [3.63, 3.8) is 0 Å². The molecule has 1 amide bonds. The number of aliphatic hydroxyl groups is 1. The van der Waals surface area contributed by atoms with Gasteiger partial charge in [0.1, 0.15) is 0 Å². The summed E-state index contributed by atoms with van der Waals surface area (Å²) in [5.41, 5.74) is 0. The molecule has 0 unspecified atom stereocenters. The van der Waals surface area contributed by atoms with Gasteiger partial charge >= 0.3 is 0 Å². The summed E-state index contributed by atoms with van der Waals surface area (Å²) in [4.78, 5) is 19.3. The first kappa shape index (κ1) is 15.1. The fourth-order valence-corrected chi connectivity index (χ4v) is 3.24. The highest BCUT2D eigenvalue weighted by Crippen LogP contribution is 2.30. The highest BCUT2D eigenvalue weighted by atomic mass is 32.1. The number of hydrogen-bond donors (Lipinski definition) is 2. The van der Waals surface area contributed by atoms with E-state index in [2.05, 4.69) is 15.5 Å². The minimum absolute atomic E-state index is 0.0799. The lowest BCUT2D eigenvalue weighted by molar-refractivity contribution is -0.122. The molecule has 0 bridgehead atoms. The van der Waals surface area contributed by atoms with Crippen LogP contribution < -0.4 is 5.32 Å². The Bertz CT molecular complexity index is 628. The number of carbonyl (C=O) groups is 1. The summed E-state index contributed by atoms with van der Waals surface area (Å²) in [6.07, 6.45) is 0.0159. The first-order valence-corrected chi connectivity index (χ1v) is 8.01. The van der Waals surface area contributed by atoms with Crippen molar-refractivity contribution in [1.29, 1.82) is 0 Å². The molecule has 2 atom stereocenters. The summed E-state index contributed by atoms with van der Waals surface area (Å²) in [5, 5.41) is 18.5. The lowest BCUT2D eigenvalue weighted by atomic mass is 10.2. The van der Waals surface area contributed by atoms with E-state index in [1.807, 2.05) is 22.4 Å². The normalized spacial score (nSPS) is 22.1. The van der Waals surface area contributed by atoms with E-state index in [4.69, 9.17) is 4.52 Å². The van der Waals surface area contributed by atoms with Crippen LogP contribution in [0.25, 0.3) is 0 Å². The van der Waals surface area contributed by atoms with E-state index in [1.54, 1.807) is 18.3 Å². The lowest BCUT2D eigenvalue weighted by Crippen LogP contribution is -2.37. The molecule has 8 heteroatoms. The second-order valence-electron chi connectivity index (χ2n) is 5.37. The van der Waals surface area contributed by atoms with E-state index < -0.39 is 6.10 Å². The van der Waals surface area contributed by atoms with Crippen molar-refractivity contribution in [1.82, 2.24) is 20.4 Å². The number of likely N-dealkylation sites (tertiary alicyclic amines) is 1. The largest absolute Gasteiger partial charge is 0.392 e. The van der Waals surface area contributed by atoms with Crippen LogP contribution in [0.3, 0.4) is 0 Å². The third kappa shape index (κ3) is 3.52. The Kier molecular flexibility index (Phi) is 4.51. The molecule has 2 N–H and O–H groups in total. The zero-order valence-corrected chi connectivity index (χ0v) is 13.0. The molecule has 1 aliphatic heterocycles. The Morgan fingerprint density at radius 2 is 2.50 bits per heavy atom. The maximum absolute atomic E-state index is 12.1. The fourth-order valence-electron chi connectivity index (χ4n) is 2.60. The molecule has 2 aromatic heterocycles. The molecule has 1 fully saturated rings. The van der Waals surface area contributed by atoms with Gasteiger partial charge in [-0.05, 0) is 24.8 Å². The summed E-state index contributed by atoms with van der Waals surface area (Å²) in [6, 6.07) is 3.73. The maximum Gasteiger partial charge on any atom is 0.244 e. The van der Waals surface area contributed by atoms with Gasteiger partial charge in [0.25, 0.3) is 0 Å². The van der Waals surface area contributed by atoms with Crippen LogP contribution in [0.5, 0.6) is 0 Å². The number of amides is 1. The van der Waals surface area contributed by atoms with Gasteiger partial charge in [-0.15, -0.1) is 11.3 Å². The van der Waals surface area contributed by atoms with Crippen LogP contribution in [-0.4, -0.2) is 45.2 Å². The Labute approximate surface area is 131 Å². The van der Waals surface area contributed by atoms with Gasteiger partial charge in [0, 0.05) is 11.4 Å². The zero-order chi connectivity index (χ0) is 15.5. The third-order valence-electron chi connectivity index (χ3n) is 3.60. The minimum atomic E-state index is -0.484. The fraction of sp³-hybridized carbons (Fsp3) is 0.500. The molecule has 0 spiro atoms. The van der Waals surface area contributed by atoms with Crippen LogP contribution in [0.4, 0.5) is 0 Å². The van der Waals surface area contributed by atoms with Gasteiger partial charge in [-0.2, -0.15) is 4.98 Å². The molecule has 3 heterocycles. The van der Waals surface area contributed by atoms with Gasteiger partial charge in [0.05, 0.1) is 25.2 Å². The van der Waals surface area contributed by atoms with Crippen molar-refractivity contribution in [2.75, 3.05) is 13.1 Å². The smallest absolute Gasteiger partial charge is 0.244 e. The average molecular weight is 322 g/mol. The van der Waals surface area contributed by atoms with Crippen molar-refractivity contribution in [2.24, 2.45) is 0 Å². The summed E-state index contributed by atoms with van der Waals surface area (Å²) < 4.78 is 5.18. The number of carbonyl (C=O) groups excluding carboxylic acids is 1. The Morgan fingerprint density at radius 3 is 3.18 bits per heavy atom. The molecule has 0 saturated carbocycles.